The number of carbonyl (C=O) groups is 1. The molecule has 1 N–H and O–H groups in total. The topological polar surface area (TPSA) is 64.0 Å². The van der Waals surface area contributed by atoms with Crippen LogP contribution in [0.25, 0.3) is 20.7 Å². The molecule has 0 saturated heterocycles. The van der Waals surface area contributed by atoms with Crippen molar-refractivity contribution in [3.05, 3.63) is 33.2 Å². The minimum atomic E-state index is -0.0383. The summed E-state index contributed by atoms with van der Waals surface area (Å²) < 4.78 is 1.66. The highest BCUT2D eigenvalue weighted by Crippen LogP contribution is 2.34. The van der Waals surface area contributed by atoms with Crippen LogP contribution in [0.4, 0.5) is 0 Å². The molecular weight excluding hydrogens is 398 g/mol. The summed E-state index contributed by atoms with van der Waals surface area (Å²) in [6.45, 7) is 8.59. The van der Waals surface area contributed by atoms with Crippen LogP contribution in [-0.4, -0.2) is 27.3 Å². The molecule has 0 aliphatic rings. The molecule has 0 aromatic carbocycles. The van der Waals surface area contributed by atoms with Gasteiger partial charge in [-0.15, -0.1) is 22.7 Å². The van der Waals surface area contributed by atoms with Gasteiger partial charge in [0.2, 0.25) is 5.91 Å². The van der Waals surface area contributed by atoms with Crippen molar-refractivity contribution >= 4 is 50.6 Å². The average Bonchev–Trinajstić information content (AvgIpc) is 3.29. The van der Waals surface area contributed by atoms with Crippen molar-refractivity contribution in [2.45, 2.75) is 45.4 Å². The average molecular weight is 422 g/mol. The summed E-state index contributed by atoms with van der Waals surface area (Å²) >= 11 is 4.41. The van der Waals surface area contributed by atoms with Crippen molar-refractivity contribution in [3.63, 3.8) is 0 Å². The zero-order valence-corrected chi connectivity index (χ0v) is 18.3. The van der Waals surface area contributed by atoms with Crippen LogP contribution in [0, 0.1) is 5.92 Å². The van der Waals surface area contributed by atoms with Crippen LogP contribution in [-0.2, 0) is 11.3 Å². The zero-order chi connectivity index (χ0) is 19.6. The van der Waals surface area contributed by atoms with Crippen molar-refractivity contribution in [1.82, 2.24) is 14.9 Å². The number of aromatic nitrogens is 2. The van der Waals surface area contributed by atoms with E-state index >= 15 is 0 Å². The maximum Gasteiger partial charge on any atom is 0.263 e. The monoisotopic (exact) mass is 421 g/mol. The molecule has 0 fully saturated rings. The first-order chi connectivity index (χ1) is 12.9. The number of thioether (sulfide) groups is 1. The Morgan fingerprint density at radius 2 is 2.11 bits per heavy atom. The van der Waals surface area contributed by atoms with E-state index in [9.17, 15) is 9.59 Å². The molecule has 0 aliphatic carbocycles. The predicted molar refractivity (Wildman–Crippen MR) is 116 cm³/mol. The van der Waals surface area contributed by atoms with Gasteiger partial charge in [0, 0.05) is 28.4 Å². The molecule has 8 heteroatoms. The molecule has 144 valence electrons. The third kappa shape index (κ3) is 4.28. The van der Waals surface area contributed by atoms with Crippen molar-refractivity contribution in [1.29, 1.82) is 0 Å². The second-order valence-corrected chi connectivity index (χ2v) is 9.39. The van der Waals surface area contributed by atoms with E-state index in [1.807, 2.05) is 36.7 Å². The highest BCUT2D eigenvalue weighted by Gasteiger charge is 2.18. The molecule has 3 aromatic heterocycles. The quantitative estimate of drug-likeness (QED) is 0.452. The summed E-state index contributed by atoms with van der Waals surface area (Å²) in [5.74, 6) is 0.589. The molecule has 3 rings (SSSR count). The highest BCUT2D eigenvalue weighted by atomic mass is 32.2. The van der Waals surface area contributed by atoms with Gasteiger partial charge in [-0.2, -0.15) is 0 Å². The van der Waals surface area contributed by atoms with Crippen LogP contribution in [0.3, 0.4) is 0 Å². The summed E-state index contributed by atoms with van der Waals surface area (Å²) in [6.07, 6.45) is 0. The Kier molecular flexibility index (Phi) is 6.39. The van der Waals surface area contributed by atoms with Crippen LogP contribution in [0.15, 0.2) is 32.8 Å². The molecule has 1 amide bonds. The Hall–Kier alpha value is -1.64. The minimum absolute atomic E-state index is 0.0365. The Bertz CT molecular complexity index is 990. The zero-order valence-electron chi connectivity index (χ0n) is 15.8. The summed E-state index contributed by atoms with van der Waals surface area (Å²) in [7, 11) is 0. The molecule has 0 unspecified atom stereocenters. The number of amides is 1. The lowest BCUT2D eigenvalue weighted by Gasteiger charge is -2.17. The van der Waals surface area contributed by atoms with Crippen LogP contribution < -0.4 is 10.9 Å². The first-order valence-electron chi connectivity index (χ1n) is 8.90. The molecule has 5 nitrogen and oxygen atoms in total. The van der Waals surface area contributed by atoms with E-state index in [0.717, 1.165) is 15.3 Å². The number of carbonyl (C=O) groups excluding carboxylic acids is 1. The Labute approximate surface area is 170 Å². The highest BCUT2D eigenvalue weighted by molar-refractivity contribution is 7.99. The maximum absolute atomic E-state index is 13.1. The maximum atomic E-state index is 13.1. The lowest BCUT2D eigenvalue weighted by atomic mass is 10.1. The Morgan fingerprint density at radius 3 is 2.74 bits per heavy atom. The van der Waals surface area contributed by atoms with E-state index in [2.05, 4.69) is 19.2 Å². The predicted octanol–water partition coefficient (Wildman–Crippen LogP) is 4.46. The summed E-state index contributed by atoms with van der Waals surface area (Å²) in [5, 5.41) is 8.26. The van der Waals surface area contributed by atoms with E-state index in [0.29, 0.717) is 23.0 Å². The van der Waals surface area contributed by atoms with Gasteiger partial charge in [0.25, 0.3) is 5.56 Å². The van der Waals surface area contributed by atoms with Gasteiger partial charge in [-0.3, -0.25) is 14.2 Å². The smallest absolute Gasteiger partial charge is 0.263 e. The van der Waals surface area contributed by atoms with Gasteiger partial charge >= 0.3 is 0 Å². The Balaban J connectivity index is 1.89. The fraction of sp³-hybridized carbons (Fsp3) is 0.421. The molecule has 27 heavy (non-hydrogen) atoms. The number of fused-ring (bicyclic) bond motifs is 1. The summed E-state index contributed by atoms with van der Waals surface area (Å²) in [6, 6.07) is 4.12. The number of thiophene rings is 2. The van der Waals surface area contributed by atoms with Crippen LogP contribution >= 0.6 is 34.4 Å². The second kappa shape index (κ2) is 8.58. The normalized spacial score (nSPS) is 12.6. The lowest BCUT2D eigenvalue weighted by molar-refractivity contribution is -0.119. The first kappa shape index (κ1) is 20.1. The van der Waals surface area contributed by atoms with Gasteiger partial charge in [0.1, 0.15) is 4.83 Å². The largest absolute Gasteiger partial charge is 0.353 e. The van der Waals surface area contributed by atoms with Gasteiger partial charge in [0.15, 0.2) is 5.16 Å². The molecule has 3 aromatic rings. The molecule has 0 bridgehead atoms. The van der Waals surface area contributed by atoms with E-state index in [1.165, 1.54) is 23.1 Å². The molecule has 0 radical (unpaired) electrons. The number of hydrogen-bond acceptors (Lipinski definition) is 6. The fourth-order valence-corrected chi connectivity index (χ4v) is 5.28. The van der Waals surface area contributed by atoms with Crippen molar-refractivity contribution in [2.24, 2.45) is 5.92 Å². The van der Waals surface area contributed by atoms with Crippen LogP contribution in [0.2, 0.25) is 0 Å². The van der Waals surface area contributed by atoms with Crippen LogP contribution in [0.5, 0.6) is 0 Å². The molecule has 3 heterocycles. The summed E-state index contributed by atoms with van der Waals surface area (Å²) in [4.78, 5) is 31.8. The van der Waals surface area contributed by atoms with Crippen LogP contribution in [0.1, 0.15) is 27.7 Å². The Morgan fingerprint density at radius 1 is 1.33 bits per heavy atom. The van der Waals surface area contributed by atoms with Crippen molar-refractivity contribution in [3.8, 4) is 10.4 Å². The van der Waals surface area contributed by atoms with E-state index < -0.39 is 0 Å². The summed E-state index contributed by atoms with van der Waals surface area (Å²) in [5.41, 5.74) is 0.912. The molecule has 0 spiro atoms. The van der Waals surface area contributed by atoms with Crippen molar-refractivity contribution < 1.29 is 4.79 Å². The first-order valence-corrected chi connectivity index (χ1v) is 11.6. The number of rotatable bonds is 7. The number of nitrogens with zero attached hydrogens (tertiary/aromatic N) is 2. The van der Waals surface area contributed by atoms with Gasteiger partial charge in [0.05, 0.1) is 11.1 Å². The molecule has 1 atom stereocenters. The van der Waals surface area contributed by atoms with E-state index in [4.69, 9.17) is 4.98 Å². The molecule has 0 saturated carbocycles. The minimum Gasteiger partial charge on any atom is -0.353 e. The van der Waals surface area contributed by atoms with Gasteiger partial charge in [-0.1, -0.05) is 31.7 Å². The molecular formula is C19H23N3O2S3. The fourth-order valence-electron chi connectivity index (χ4n) is 2.60. The number of hydrogen-bond donors (Lipinski definition) is 1. The standard InChI is InChI=1S/C19H23N3O2S3/c1-5-22-18(24)16-13(14-7-6-8-25-14)9-26-17(16)21-19(22)27-10-15(23)20-12(4)11(2)3/h6-9,11-12H,5,10H2,1-4H3,(H,20,23)/t12-/m0/s1. The third-order valence-electron chi connectivity index (χ3n) is 4.48. The van der Waals surface area contributed by atoms with E-state index in [1.54, 1.807) is 15.9 Å². The molecule has 0 aliphatic heterocycles. The second-order valence-electron chi connectivity index (χ2n) is 6.64. The van der Waals surface area contributed by atoms with Crippen molar-refractivity contribution in [2.75, 3.05) is 5.75 Å². The van der Waals surface area contributed by atoms with Gasteiger partial charge < -0.3 is 5.32 Å². The van der Waals surface area contributed by atoms with Gasteiger partial charge in [-0.25, -0.2) is 4.98 Å². The lowest BCUT2D eigenvalue weighted by Crippen LogP contribution is -2.37. The van der Waals surface area contributed by atoms with E-state index in [-0.39, 0.29) is 23.3 Å². The van der Waals surface area contributed by atoms with Gasteiger partial charge in [-0.05, 0) is 31.2 Å². The third-order valence-corrected chi connectivity index (χ3v) is 7.23. The number of nitrogens with one attached hydrogen (secondary N) is 1. The SMILES string of the molecule is CCn1c(SCC(=O)N[C@@H](C)C(C)C)nc2scc(-c3cccs3)c2c1=O.